The van der Waals surface area contributed by atoms with Crippen molar-refractivity contribution in [1.29, 1.82) is 0 Å². The van der Waals surface area contributed by atoms with Crippen molar-refractivity contribution in [2.75, 3.05) is 11.1 Å². The topological polar surface area (TPSA) is 81.1 Å². The first-order valence-corrected chi connectivity index (χ1v) is 6.86. The molecule has 0 spiro atoms. The highest BCUT2D eigenvalue weighted by molar-refractivity contribution is 5.94. The fourth-order valence-corrected chi connectivity index (χ4v) is 2.02. The maximum absolute atomic E-state index is 11.0. The van der Waals surface area contributed by atoms with Crippen LogP contribution >= 0.6 is 0 Å². The van der Waals surface area contributed by atoms with Crippen LogP contribution in [-0.2, 0) is 0 Å². The first-order valence-electron chi connectivity index (χ1n) is 6.86. The molecule has 0 aromatic heterocycles. The van der Waals surface area contributed by atoms with Crippen LogP contribution in [0.15, 0.2) is 18.2 Å². The summed E-state index contributed by atoms with van der Waals surface area (Å²) in [5, 5.41) is 3.37. The second-order valence-electron chi connectivity index (χ2n) is 5.54. The first-order chi connectivity index (χ1) is 8.90. The standard InChI is InChI=1S/C15H25N3O/c1-10(2)5-4-6-11(3)18-14-8-7-12(15(17)19)9-13(14)16/h7-11,18H,4-6,16H2,1-3H3,(H2,17,19). The summed E-state index contributed by atoms with van der Waals surface area (Å²) in [5.41, 5.74) is 13.0. The molecule has 5 N–H and O–H groups in total. The monoisotopic (exact) mass is 263 g/mol. The van der Waals surface area contributed by atoms with E-state index in [1.54, 1.807) is 12.1 Å². The molecule has 0 radical (unpaired) electrons. The zero-order valence-corrected chi connectivity index (χ0v) is 12.1. The normalized spacial score (nSPS) is 12.4. The fourth-order valence-electron chi connectivity index (χ4n) is 2.02. The molecule has 0 saturated heterocycles. The minimum Gasteiger partial charge on any atom is -0.397 e. The van der Waals surface area contributed by atoms with E-state index in [2.05, 4.69) is 26.1 Å². The molecule has 0 aliphatic heterocycles. The molecule has 1 unspecified atom stereocenters. The third-order valence-corrected chi connectivity index (χ3v) is 3.16. The predicted octanol–water partition coefficient (Wildman–Crippen LogP) is 2.99. The number of benzene rings is 1. The molecule has 4 heteroatoms. The van der Waals surface area contributed by atoms with Crippen LogP contribution in [0.3, 0.4) is 0 Å². The van der Waals surface area contributed by atoms with Crippen LogP contribution in [0.25, 0.3) is 0 Å². The van der Waals surface area contributed by atoms with Gasteiger partial charge in [0, 0.05) is 11.6 Å². The van der Waals surface area contributed by atoms with Gasteiger partial charge in [-0.3, -0.25) is 4.79 Å². The summed E-state index contributed by atoms with van der Waals surface area (Å²) in [6.07, 6.45) is 3.54. The summed E-state index contributed by atoms with van der Waals surface area (Å²) >= 11 is 0. The van der Waals surface area contributed by atoms with Crippen LogP contribution in [-0.4, -0.2) is 11.9 Å². The number of primary amides is 1. The van der Waals surface area contributed by atoms with Gasteiger partial charge in [0.25, 0.3) is 0 Å². The molecule has 1 aromatic carbocycles. The Morgan fingerprint density at radius 2 is 1.95 bits per heavy atom. The smallest absolute Gasteiger partial charge is 0.248 e. The number of nitrogen functional groups attached to an aromatic ring is 1. The van der Waals surface area contributed by atoms with E-state index in [9.17, 15) is 4.79 Å². The van der Waals surface area contributed by atoms with Gasteiger partial charge in [-0.25, -0.2) is 0 Å². The van der Waals surface area contributed by atoms with Crippen molar-refractivity contribution in [2.45, 2.75) is 46.1 Å². The molecule has 0 saturated carbocycles. The Balaban J connectivity index is 2.54. The first kappa shape index (κ1) is 15.3. The molecule has 1 atom stereocenters. The van der Waals surface area contributed by atoms with Crippen LogP contribution < -0.4 is 16.8 Å². The Bertz CT molecular complexity index is 429. The average Bonchev–Trinajstić information content (AvgIpc) is 2.31. The third-order valence-electron chi connectivity index (χ3n) is 3.16. The summed E-state index contributed by atoms with van der Waals surface area (Å²) in [7, 11) is 0. The highest BCUT2D eigenvalue weighted by atomic mass is 16.1. The van der Waals surface area contributed by atoms with Gasteiger partial charge in [0.2, 0.25) is 5.91 Å². The molecule has 0 bridgehead atoms. The van der Waals surface area contributed by atoms with E-state index in [4.69, 9.17) is 11.5 Å². The van der Waals surface area contributed by atoms with Gasteiger partial charge in [0.1, 0.15) is 0 Å². The molecule has 4 nitrogen and oxygen atoms in total. The van der Waals surface area contributed by atoms with Gasteiger partial charge in [-0.05, 0) is 37.5 Å². The van der Waals surface area contributed by atoms with Gasteiger partial charge in [-0.1, -0.05) is 26.7 Å². The van der Waals surface area contributed by atoms with Crippen molar-refractivity contribution < 1.29 is 4.79 Å². The van der Waals surface area contributed by atoms with Crippen molar-refractivity contribution >= 4 is 17.3 Å². The lowest BCUT2D eigenvalue weighted by Gasteiger charge is -2.17. The van der Waals surface area contributed by atoms with Gasteiger partial charge in [-0.2, -0.15) is 0 Å². The number of carbonyl (C=O) groups excluding carboxylic acids is 1. The lowest BCUT2D eigenvalue weighted by atomic mass is 10.0. The molecule has 1 amide bonds. The molecule has 0 heterocycles. The zero-order valence-electron chi connectivity index (χ0n) is 12.1. The Kier molecular flexibility index (Phi) is 5.67. The SMILES string of the molecule is CC(C)CCCC(C)Nc1ccc(C(N)=O)cc1N. The van der Waals surface area contributed by atoms with Gasteiger partial charge in [0.15, 0.2) is 0 Å². The number of nitrogens with two attached hydrogens (primary N) is 2. The molecule has 106 valence electrons. The van der Waals surface area contributed by atoms with Crippen molar-refractivity contribution in [2.24, 2.45) is 11.7 Å². The zero-order chi connectivity index (χ0) is 14.4. The number of nitrogens with one attached hydrogen (secondary N) is 1. The molecule has 0 aliphatic carbocycles. The number of hydrogen-bond acceptors (Lipinski definition) is 3. The van der Waals surface area contributed by atoms with Crippen LogP contribution in [0.2, 0.25) is 0 Å². The maximum atomic E-state index is 11.0. The van der Waals surface area contributed by atoms with E-state index in [1.165, 1.54) is 12.8 Å². The van der Waals surface area contributed by atoms with Gasteiger partial charge >= 0.3 is 0 Å². The van der Waals surface area contributed by atoms with Crippen LogP contribution in [0.4, 0.5) is 11.4 Å². The highest BCUT2D eigenvalue weighted by Crippen LogP contribution is 2.21. The Hall–Kier alpha value is -1.71. The number of anilines is 2. The Morgan fingerprint density at radius 1 is 1.26 bits per heavy atom. The Morgan fingerprint density at radius 3 is 2.47 bits per heavy atom. The molecule has 1 aromatic rings. The van der Waals surface area contributed by atoms with E-state index in [0.29, 0.717) is 17.3 Å². The van der Waals surface area contributed by atoms with Crippen molar-refractivity contribution in [3.8, 4) is 0 Å². The summed E-state index contributed by atoms with van der Waals surface area (Å²) < 4.78 is 0. The van der Waals surface area contributed by atoms with Gasteiger partial charge < -0.3 is 16.8 Å². The third kappa shape index (κ3) is 5.20. The maximum Gasteiger partial charge on any atom is 0.248 e. The van der Waals surface area contributed by atoms with Crippen molar-refractivity contribution in [1.82, 2.24) is 0 Å². The summed E-state index contributed by atoms with van der Waals surface area (Å²) in [5.74, 6) is 0.287. The molecular formula is C15H25N3O. The second kappa shape index (κ2) is 7.02. The second-order valence-corrected chi connectivity index (χ2v) is 5.54. The van der Waals surface area contributed by atoms with Crippen LogP contribution in [0.1, 0.15) is 50.4 Å². The van der Waals surface area contributed by atoms with Gasteiger partial charge in [-0.15, -0.1) is 0 Å². The number of carbonyl (C=O) groups is 1. The average molecular weight is 263 g/mol. The summed E-state index contributed by atoms with van der Waals surface area (Å²) in [6.45, 7) is 6.61. The lowest BCUT2D eigenvalue weighted by molar-refractivity contribution is 0.100. The van der Waals surface area contributed by atoms with Crippen molar-refractivity contribution in [3.05, 3.63) is 23.8 Å². The van der Waals surface area contributed by atoms with E-state index >= 15 is 0 Å². The van der Waals surface area contributed by atoms with E-state index in [0.717, 1.165) is 18.0 Å². The van der Waals surface area contributed by atoms with Crippen LogP contribution in [0, 0.1) is 5.92 Å². The highest BCUT2D eigenvalue weighted by Gasteiger charge is 2.08. The molecular weight excluding hydrogens is 238 g/mol. The van der Waals surface area contributed by atoms with E-state index in [1.807, 2.05) is 6.07 Å². The minimum absolute atomic E-state index is 0.362. The number of hydrogen-bond donors (Lipinski definition) is 3. The van der Waals surface area contributed by atoms with E-state index < -0.39 is 5.91 Å². The number of amides is 1. The van der Waals surface area contributed by atoms with Crippen molar-refractivity contribution in [3.63, 3.8) is 0 Å². The molecule has 0 fully saturated rings. The lowest BCUT2D eigenvalue weighted by Crippen LogP contribution is -2.17. The minimum atomic E-state index is -0.455. The molecule has 19 heavy (non-hydrogen) atoms. The predicted molar refractivity (Wildman–Crippen MR) is 81.1 cm³/mol. The van der Waals surface area contributed by atoms with Gasteiger partial charge in [0.05, 0.1) is 11.4 Å². The van der Waals surface area contributed by atoms with Crippen LogP contribution in [0.5, 0.6) is 0 Å². The number of rotatable bonds is 7. The van der Waals surface area contributed by atoms with E-state index in [-0.39, 0.29) is 0 Å². The summed E-state index contributed by atoms with van der Waals surface area (Å²) in [4.78, 5) is 11.0. The largest absolute Gasteiger partial charge is 0.397 e. The summed E-state index contributed by atoms with van der Waals surface area (Å²) in [6, 6.07) is 5.49. The molecule has 1 rings (SSSR count). The molecule has 0 aliphatic rings. The Labute approximate surface area is 115 Å². The quantitative estimate of drug-likeness (QED) is 0.661. The fraction of sp³-hybridized carbons (Fsp3) is 0.533.